The Balaban J connectivity index is 2.04. The topological polar surface area (TPSA) is 12.5 Å². The maximum Gasteiger partial charge on any atom is 0.0575 e. The fourth-order valence-corrected chi connectivity index (χ4v) is 3.15. The summed E-state index contributed by atoms with van der Waals surface area (Å²) in [6.07, 6.45) is 8.67. The lowest BCUT2D eigenvalue weighted by molar-refractivity contribution is 0.0454. The molecule has 0 aromatic carbocycles. The molecule has 2 aliphatic heterocycles. The Labute approximate surface area is 87.6 Å². The minimum absolute atomic E-state index is 0.536. The van der Waals surface area contributed by atoms with Crippen LogP contribution in [0.1, 0.15) is 38.5 Å². The highest BCUT2D eigenvalue weighted by molar-refractivity contribution is 4.83. The first-order valence-electron chi connectivity index (χ1n) is 6.02. The first-order chi connectivity index (χ1) is 6.79. The monoisotopic (exact) mass is 197 g/mol. The molecule has 2 heteroatoms. The molecule has 14 heavy (non-hydrogen) atoms. The Hall–Kier alpha value is -0.0800. The van der Waals surface area contributed by atoms with Gasteiger partial charge in [0.05, 0.1) is 6.10 Å². The van der Waals surface area contributed by atoms with Crippen molar-refractivity contribution in [2.24, 2.45) is 5.92 Å². The Morgan fingerprint density at radius 3 is 2.79 bits per heavy atom. The van der Waals surface area contributed by atoms with Crippen LogP contribution >= 0.6 is 0 Å². The minimum Gasteiger partial charge on any atom is -0.381 e. The second-order valence-electron chi connectivity index (χ2n) is 5.06. The molecule has 2 heterocycles. The summed E-state index contributed by atoms with van der Waals surface area (Å²) >= 11 is 0. The number of rotatable bonds is 1. The summed E-state index contributed by atoms with van der Waals surface area (Å²) in [6, 6.07) is 0.831. The fourth-order valence-electron chi connectivity index (χ4n) is 3.15. The predicted octanol–water partition coefficient (Wildman–Crippen LogP) is 2.29. The first kappa shape index (κ1) is 10.4. The summed E-state index contributed by atoms with van der Waals surface area (Å²) in [5.41, 5.74) is 0. The molecule has 2 rings (SSSR count). The van der Waals surface area contributed by atoms with Crippen molar-refractivity contribution in [2.45, 2.75) is 50.7 Å². The average Bonchev–Trinajstić information content (AvgIpc) is 2.29. The zero-order valence-corrected chi connectivity index (χ0v) is 9.54. The molecule has 2 aliphatic rings. The van der Waals surface area contributed by atoms with Gasteiger partial charge in [0.15, 0.2) is 0 Å². The van der Waals surface area contributed by atoms with Crippen LogP contribution in [0.2, 0.25) is 0 Å². The predicted molar refractivity (Wildman–Crippen MR) is 58.4 cm³/mol. The SMILES string of the molecule is COC1CCC2CCCC(C1)CN2C. The molecule has 2 fully saturated rings. The van der Waals surface area contributed by atoms with Gasteiger partial charge in [0.2, 0.25) is 0 Å². The van der Waals surface area contributed by atoms with E-state index in [1.165, 1.54) is 45.1 Å². The van der Waals surface area contributed by atoms with E-state index >= 15 is 0 Å². The van der Waals surface area contributed by atoms with Crippen LogP contribution in [0, 0.1) is 5.92 Å². The van der Waals surface area contributed by atoms with Crippen LogP contribution in [0.4, 0.5) is 0 Å². The van der Waals surface area contributed by atoms with E-state index in [1.54, 1.807) is 0 Å². The summed E-state index contributed by atoms with van der Waals surface area (Å²) < 4.78 is 5.55. The first-order valence-corrected chi connectivity index (χ1v) is 6.02. The third-order valence-corrected chi connectivity index (χ3v) is 4.07. The van der Waals surface area contributed by atoms with Crippen molar-refractivity contribution >= 4 is 0 Å². The molecule has 0 spiro atoms. The van der Waals surface area contributed by atoms with Crippen molar-refractivity contribution < 1.29 is 4.74 Å². The molecule has 0 saturated carbocycles. The highest BCUT2D eigenvalue weighted by atomic mass is 16.5. The second kappa shape index (κ2) is 4.63. The highest BCUT2D eigenvalue weighted by Crippen LogP contribution is 2.30. The van der Waals surface area contributed by atoms with E-state index in [2.05, 4.69) is 11.9 Å². The van der Waals surface area contributed by atoms with Crippen LogP contribution in [-0.4, -0.2) is 37.7 Å². The highest BCUT2D eigenvalue weighted by Gasteiger charge is 2.28. The van der Waals surface area contributed by atoms with Crippen molar-refractivity contribution in [2.75, 3.05) is 20.7 Å². The maximum absolute atomic E-state index is 5.55. The summed E-state index contributed by atoms with van der Waals surface area (Å²) in [6.45, 7) is 1.30. The zero-order valence-electron chi connectivity index (χ0n) is 9.54. The van der Waals surface area contributed by atoms with E-state index in [9.17, 15) is 0 Å². The van der Waals surface area contributed by atoms with Crippen molar-refractivity contribution in [1.82, 2.24) is 4.90 Å². The molecule has 0 amide bonds. The molecule has 3 atom stereocenters. The standard InChI is InChI=1S/C12H23NO/c1-13-9-10-4-3-5-11(13)6-7-12(8-10)14-2/h10-12H,3-9H2,1-2H3. The number of hydrogen-bond donors (Lipinski definition) is 0. The quantitative estimate of drug-likeness (QED) is 0.639. The summed E-state index contributed by atoms with van der Waals surface area (Å²) in [5.74, 6) is 0.884. The number of fused-ring (bicyclic) bond motifs is 3. The average molecular weight is 197 g/mol. The lowest BCUT2D eigenvalue weighted by Gasteiger charge is -2.33. The van der Waals surface area contributed by atoms with Gasteiger partial charge < -0.3 is 9.64 Å². The van der Waals surface area contributed by atoms with Gasteiger partial charge in [0.1, 0.15) is 0 Å². The normalized spacial score (nSPS) is 40.3. The number of hydrogen-bond acceptors (Lipinski definition) is 2. The van der Waals surface area contributed by atoms with Crippen LogP contribution < -0.4 is 0 Å². The summed E-state index contributed by atoms with van der Waals surface area (Å²) in [7, 11) is 4.18. The Morgan fingerprint density at radius 1 is 1.14 bits per heavy atom. The van der Waals surface area contributed by atoms with Crippen LogP contribution in [0.3, 0.4) is 0 Å². The largest absolute Gasteiger partial charge is 0.381 e. The minimum atomic E-state index is 0.536. The molecule has 2 nitrogen and oxygen atoms in total. The third-order valence-electron chi connectivity index (χ3n) is 4.07. The van der Waals surface area contributed by atoms with E-state index in [0.29, 0.717) is 6.10 Å². The van der Waals surface area contributed by atoms with Crippen LogP contribution in [0.5, 0.6) is 0 Å². The fraction of sp³-hybridized carbons (Fsp3) is 1.00. The van der Waals surface area contributed by atoms with Gasteiger partial charge in [-0.1, -0.05) is 6.42 Å². The van der Waals surface area contributed by atoms with Gasteiger partial charge in [0, 0.05) is 19.7 Å². The Morgan fingerprint density at radius 2 is 2.00 bits per heavy atom. The van der Waals surface area contributed by atoms with E-state index < -0.39 is 0 Å². The van der Waals surface area contributed by atoms with Gasteiger partial charge in [-0.3, -0.25) is 0 Å². The second-order valence-corrected chi connectivity index (χ2v) is 5.06. The molecular formula is C12H23NO. The lowest BCUT2D eigenvalue weighted by Crippen LogP contribution is -2.37. The van der Waals surface area contributed by atoms with Gasteiger partial charge >= 0.3 is 0 Å². The van der Waals surface area contributed by atoms with E-state index in [0.717, 1.165) is 12.0 Å². The zero-order chi connectivity index (χ0) is 9.97. The molecule has 82 valence electrons. The van der Waals surface area contributed by atoms with Crippen LogP contribution in [-0.2, 0) is 4.74 Å². The summed E-state index contributed by atoms with van der Waals surface area (Å²) in [4.78, 5) is 2.59. The molecule has 3 unspecified atom stereocenters. The van der Waals surface area contributed by atoms with E-state index in [1.807, 2.05) is 7.11 Å². The van der Waals surface area contributed by atoms with E-state index in [-0.39, 0.29) is 0 Å². The molecule has 0 radical (unpaired) electrons. The van der Waals surface area contributed by atoms with Crippen molar-refractivity contribution in [3.8, 4) is 0 Å². The Kier molecular flexibility index (Phi) is 3.45. The lowest BCUT2D eigenvalue weighted by atomic mass is 9.94. The van der Waals surface area contributed by atoms with Crippen LogP contribution in [0.15, 0.2) is 0 Å². The van der Waals surface area contributed by atoms with Crippen molar-refractivity contribution in [3.05, 3.63) is 0 Å². The number of nitrogens with zero attached hydrogens (tertiary/aromatic N) is 1. The maximum atomic E-state index is 5.55. The molecule has 0 aromatic rings. The van der Waals surface area contributed by atoms with E-state index in [4.69, 9.17) is 4.74 Å². The Bertz CT molecular complexity index is 183. The molecule has 2 bridgehead atoms. The van der Waals surface area contributed by atoms with Gasteiger partial charge in [-0.2, -0.15) is 0 Å². The van der Waals surface area contributed by atoms with Crippen LogP contribution in [0.25, 0.3) is 0 Å². The molecule has 0 aliphatic carbocycles. The smallest absolute Gasteiger partial charge is 0.0575 e. The number of methoxy groups -OCH3 is 1. The van der Waals surface area contributed by atoms with Gasteiger partial charge in [-0.15, -0.1) is 0 Å². The molecule has 2 saturated heterocycles. The van der Waals surface area contributed by atoms with Crippen molar-refractivity contribution in [3.63, 3.8) is 0 Å². The van der Waals surface area contributed by atoms with Gasteiger partial charge in [-0.05, 0) is 45.1 Å². The van der Waals surface area contributed by atoms with Crippen molar-refractivity contribution in [1.29, 1.82) is 0 Å². The number of ether oxygens (including phenoxy) is 1. The molecule has 0 N–H and O–H groups in total. The third kappa shape index (κ3) is 2.29. The summed E-state index contributed by atoms with van der Waals surface area (Å²) in [5, 5.41) is 0. The molecular weight excluding hydrogens is 174 g/mol. The van der Waals surface area contributed by atoms with Gasteiger partial charge in [-0.25, -0.2) is 0 Å². The molecule has 0 aromatic heterocycles. The van der Waals surface area contributed by atoms with Gasteiger partial charge in [0.25, 0.3) is 0 Å².